The Morgan fingerprint density at radius 2 is 1.93 bits per heavy atom. The molecule has 1 heteroatoms. The Morgan fingerprint density at radius 3 is 2.50 bits per heavy atom. The second kappa shape index (κ2) is 3.64. The minimum absolute atomic E-state index is 0.534. The summed E-state index contributed by atoms with van der Waals surface area (Å²) in [7, 11) is 0. The van der Waals surface area contributed by atoms with E-state index < -0.39 is 0 Å². The van der Waals surface area contributed by atoms with E-state index >= 15 is 0 Å². The Labute approximate surface area is 86.5 Å². The average Bonchev–Trinajstić information content (AvgIpc) is 2.47. The molecule has 1 aromatic carbocycles. The van der Waals surface area contributed by atoms with Gasteiger partial charge in [0.05, 0.1) is 0 Å². The number of rotatable bonds is 2. The molecule has 0 bridgehead atoms. The van der Waals surface area contributed by atoms with Crippen LogP contribution >= 0.6 is 0 Å². The molecular weight excluding hydrogens is 170 g/mol. The van der Waals surface area contributed by atoms with E-state index in [9.17, 15) is 0 Å². The number of hydrogen-bond acceptors (Lipinski definition) is 1. The third-order valence-corrected chi connectivity index (χ3v) is 3.11. The minimum Gasteiger partial charge on any atom is -0.382 e. The van der Waals surface area contributed by atoms with E-state index in [-0.39, 0.29) is 0 Å². The first-order chi connectivity index (χ1) is 6.66. The van der Waals surface area contributed by atoms with Crippen molar-refractivity contribution in [3.63, 3.8) is 0 Å². The van der Waals surface area contributed by atoms with Crippen LogP contribution in [0.2, 0.25) is 0 Å². The van der Waals surface area contributed by atoms with Crippen molar-refractivity contribution in [1.82, 2.24) is 0 Å². The highest BCUT2D eigenvalue weighted by atomic mass is 14.9. The third-order valence-electron chi connectivity index (χ3n) is 3.11. The monoisotopic (exact) mass is 189 g/mol. The Hall–Kier alpha value is -0.980. The SMILES string of the molecule is CC1(C)CCC(Nc2ccccc2)C1. The van der Waals surface area contributed by atoms with E-state index in [1.165, 1.54) is 24.9 Å². The Morgan fingerprint density at radius 1 is 1.21 bits per heavy atom. The predicted octanol–water partition coefficient (Wildman–Crippen LogP) is 3.68. The molecule has 1 aliphatic rings. The Bertz CT molecular complexity index is 289. The lowest BCUT2D eigenvalue weighted by Crippen LogP contribution is -2.17. The maximum atomic E-state index is 3.60. The summed E-state index contributed by atoms with van der Waals surface area (Å²) in [6.45, 7) is 4.72. The predicted molar refractivity (Wildman–Crippen MR) is 61.5 cm³/mol. The lowest BCUT2D eigenvalue weighted by molar-refractivity contribution is 0.378. The fourth-order valence-electron chi connectivity index (χ4n) is 2.33. The van der Waals surface area contributed by atoms with Crippen molar-refractivity contribution < 1.29 is 0 Å². The molecule has 14 heavy (non-hydrogen) atoms. The largest absolute Gasteiger partial charge is 0.382 e. The van der Waals surface area contributed by atoms with Crippen LogP contribution in [0.5, 0.6) is 0 Å². The van der Waals surface area contributed by atoms with Crippen LogP contribution in [0.4, 0.5) is 5.69 Å². The zero-order valence-corrected chi connectivity index (χ0v) is 9.09. The number of anilines is 1. The van der Waals surface area contributed by atoms with Crippen LogP contribution in [-0.2, 0) is 0 Å². The van der Waals surface area contributed by atoms with Gasteiger partial charge in [-0.2, -0.15) is 0 Å². The summed E-state index contributed by atoms with van der Waals surface area (Å²) < 4.78 is 0. The van der Waals surface area contributed by atoms with Crippen LogP contribution < -0.4 is 5.32 Å². The van der Waals surface area contributed by atoms with Gasteiger partial charge in [0, 0.05) is 11.7 Å². The standard InChI is InChI=1S/C13H19N/c1-13(2)9-8-12(10-13)14-11-6-4-3-5-7-11/h3-7,12,14H,8-10H2,1-2H3. The van der Waals surface area contributed by atoms with Crippen LogP contribution in [0.3, 0.4) is 0 Å². The van der Waals surface area contributed by atoms with Crippen molar-refractivity contribution >= 4 is 5.69 Å². The molecule has 1 saturated carbocycles. The van der Waals surface area contributed by atoms with Crippen molar-refractivity contribution in [2.45, 2.75) is 39.2 Å². The van der Waals surface area contributed by atoms with Crippen LogP contribution in [-0.4, -0.2) is 6.04 Å². The Kier molecular flexibility index (Phi) is 2.49. The molecule has 0 saturated heterocycles. The molecule has 1 unspecified atom stereocenters. The van der Waals surface area contributed by atoms with Gasteiger partial charge in [-0.1, -0.05) is 32.0 Å². The number of hydrogen-bond donors (Lipinski definition) is 1. The molecule has 0 amide bonds. The molecule has 0 heterocycles. The second-order valence-electron chi connectivity index (χ2n) is 5.11. The highest BCUT2D eigenvalue weighted by molar-refractivity contribution is 5.43. The van der Waals surface area contributed by atoms with Gasteiger partial charge in [-0.25, -0.2) is 0 Å². The second-order valence-corrected chi connectivity index (χ2v) is 5.11. The van der Waals surface area contributed by atoms with Crippen LogP contribution in [0.1, 0.15) is 33.1 Å². The molecule has 1 aromatic rings. The highest BCUT2D eigenvalue weighted by Gasteiger charge is 2.30. The third kappa shape index (κ3) is 2.28. The highest BCUT2D eigenvalue weighted by Crippen LogP contribution is 2.38. The lowest BCUT2D eigenvalue weighted by Gasteiger charge is -2.18. The Balaban J connectivity index is 1.94. The molecule has 0 aliphatic heterocycles. The minimum atomic E-state index is 0.534. The summed E-state index contributed by atoms with van der Waals surface area (Å²) in [6, 6.07) is 11.2. The number of para-hydroxylation sites is 1. The molecule has 76 valence electrons. The van der Waals surface area contributed by atoms with E-state index in [1.807, 2.05) is 0 Å². The molecule has 0 aromatic heterocycles. The van der Waals surface area contributed by atoms with Crippen LogP contribution in [0, 0.1) is 5.41 Å². The van der Waals surface area contributed by atoms with Crippen molar-refractivity contribution in [2.24, 2.45) is 5.41 Å². The smallest absolute Gasteiger partial charge is 0.0342 e. The van der Waals surface area contributed by atoms with Gasteiger partial charge >= 0.3 is 0 Å². The normalized spacial score (nSPS) is 24.9. The van der Waals surface area contributed by atoms with E-state index in [2.05, 4.69) is 49.5 Å². The van der Waals surface area contributed by atoms with Crippen LogP contribution in [0.25, 0.3) is 0 Å². The van der Waals surface area contributed by atoms with Gasteiger partial charge in [0.25, 0.3) is 0 Å². The van der Waals surface area contributed by atoms with E-state index in [0.717, 1.165) is 0 Å². The fraction of sp³-hybridized carbons (Fsp3) is 0.538. The maximum Gasteiger partial charge on any atom is 0.0342 e. The van der Waals surface area contributed by atoms with Crippen molar-refractivity contribution in [3.05, 3.63) is 30.3 Å². The number of nitrogens with one attached hydrogen (secondary N) is 1. The molecule has 0 spiro atoms. The van der Waals surface area contributed by atoms with E-state index in [4.69, 9.17) is 0 Å². The summed E-state index contributed by atoms with van der Waals surface area (Å²) in [6.07, 6.45) is 3.95. The first kappa shape index (κ1) is 9.57. The van der Waals surface area contributed by atoms with Crippen LogP contribution in [0.15, 0.2) is 30.3 Å². The number of benzene rings is 1. The van der Waals surface area contributed by atoms with E-state index in [0.29, 0.717) is 11.5 Å². The van der Waals surface area contributed by atoms with Gasteiger partial charge in [-0.3, -0.25) is 0 Å². The van der Waals surface area contributed by atoms with Gasteiger partial charge in [-0.05, 0) is 36.8 Å². The molecule has 1 aliphatic carbocycles. The first-order valence-corrected chi connectivity index (χ1v) is 5.47. The van der Waals surface area contributed by atoms with Gasteiger partial charge in [-0.15, -0.1) is 0 Å². The molecule has 0 radical (unpaired) electrons. The van der Waals surface area contributed by atoms with Gasteiger partial charge < -0.3 is 5.32 Å². The molecule has 1 N–H and O–H groups in total. The molecule has 1 nitrogen and oxygen atoms in total. The lowest BCUT2D eigenvalue weighted by atomic mass is 9.92. The van der Waals surface area contributed by atoms with Gasteiger partial charge in [0.15, 0.2) is 0 Å². The topological polar surface area (TPSA) is 12.0 Å². The summed E-state index contributed by atoms with van der Waals surface area (Å²) in [5.41, 5.74) is 1.79. The summed E-state index contributed by atoms with van der Waals surface area (Å²) >= 11 is 0. The van der Waals surface area contributed by atoms with Gasteiger partial charge in [0.2, 0.25) is 0 Å². The quantitative estimate of drug-likeness (QED) is 0.748. The maximum absolute atomic E-state index is 3.60. The summed E-state index contributed by atoms with van der Waals surface area (Å²) in [5.74, 6) is 0. The van der Waals surface area contributed by atoms with Crippen molar-refractivity contribution in [3.8, 4) is 0 Å². The zero-order chi connectivity index (χ0) is 10.0. The first-order valence-electron chi connectivity index (χ1n) is 5.47. The molecule has 1 atom stereocenters. The van der Waals surface area contributed by atoms with E-state index in [1.54, 1.807) is 0 Å². The molecule has 2 rings (SSSR count). The fourth-order valence-corrected chi connectivity index (χ4v) is 2.33. The zero-order valence-electron chi connectivity index (χ0n) is 9.09. The average molecular weight is 189 g/mol. The molecular formula is C13H19N. The summed E-state index contributed by atoms with van der Waals surface area (Å²) in [4.78, 5) is 0. The van der Waals surface area contributed by atoms with Crippen molar-refractivity contribution in [1.29, 1.82) is 0 Å². The summed E-state index contributed by atoms with van der Waals surface area (Å²) in [5, 5.41) is 3.60. The van der Waals surface area contributed by atoms with Crippen molar-refractivity contribution in [2.75, 3.05) is 5.32 Å². The molecule has 1 fully saturated rings. The van der Waals surface area contributed by atoms with Gasteiger partial charge in [0.1, 0.15) is 0 Å².